The maximum atomic E-state index is 14.4. The zero-order chi connectivity index (χ0) is 30.3. The monoisotopic (exact) mass is 555 g/mol. The number of phenols is 1. The Morgan fingerprint density at radius 2 is 1.60 bits per heavy atom. The molecule has 0 saturated heterocycles. The molecule has 0 radical (unpaired) electrons. The van der Waals surface area contributed by atoms with Crippen molar-refractivity contribution in [3.8, 4) is 5.75 Å². The number of nitrogens with zero attached hydrogens (tertiary/aromatic N) is 1. The molecular weight excluding hydrogens is 514 g/mol. The Labute approximate surface area is 236 Å². The number of carbonyl (C=O) groups is 4. The number of hydrogen-bond acceptors (Lipinski definition) is 7. The van der Waals surface area contributed by atoms with Crippen LogP contribution in [0.1, 0.15) is 64.3 Å². The van der Waals surface area contributed by atoms with Crippen molar-refractivity contribution in [1.82, 2.24) is 15.5 Å². The van der Waals surface area contributed by atoms with Crippen molar-refractivity contribution in [3.63, 3.8) is 0 Å². The molecule has 10 heteroatoms. The highest BCUT2D eigenvalue weighted by Gasteiger charge is 2.42. The van der Waals surface area contributed by atoms with Gasteiger partial charge in [0.15, 0.2) is 0 Å². The highest BCUT2D eigenvalue weighted by molar-refractivity contribution is 5.94. The van der Waals surface area contributed by atoms with E-state index in [0.29, 0.717) is 11.1 Å². The van der Waals surface area contributed by atoms with E-state index in [-0.39, 0.29) is 12.2 Å². The number of methoxy groups -OCH3 is 1. The lowest BCUT2D eigenvalue weighted by Crippen LogP contribution is -2.59. The van der Waals surface area contributed by atoms with Crippen molar-refractivity contribution in [2.45, 2.75) is 78.1 Å². The molecule has 0 spiro atoms. The summed E-state index contributed by atoms with van der Waals surface area (Å²) in [5.74, 6) is -1.79. The number of esters is 1. The first-order chi connectivity index (χ1) is 18.5. The zero-order valence-electron chi connectivity index (χ0n) is 24.5. The molecule has 218 valence electrons. The standard InChI is InChI=1S/C30H41N3O7/c1-19-16-21(14-15-23(19)34)25(26(36)31-18-24(35)39-8)33(29(2,3)4)27(37)22(17-20-12-10-9-11-13-20)32-28(38)40-30(5,6)7/h9-16,22,25,34H,17-18H2,1-8H3,(H,31,36)(H,32,38). The number of phenolic OH excluding ortho intramolecular Hbond substituents is 1. The van der Waals surface area contributed by atoms with Gasteiger partial charge in [-0.3, -0.25) is 14.4 Å². The van der Waals surface area contributed by atoms with E-state index in [0.717, 1.165) is 5.56 Å². The number of nitrogens with one attached hydrogen (secondary N) is 2. The molecule has 0 aromatic heterocycles. The molecule has 10 nitrogen and oxygen atoms in total. The number of ether oxygens (including phenoxy) is 2. The molecule has 0 aliphatic heterocycles. The fourth-order valence-corrected chi connectivity index (χ4v) is 4.11. The number of carbonyl (C=O) groups excluding carboxylic acids is 4. The number of aryl methyl sites for hydroxylation is 1. The minimum absolute atomic E-state index is 0.0275. The van der Waals surface area contributed by atoms with Crippen molar-refractivity contribution >= 4 is 23.9 Å². The maximum Gasteiger partial charge on any atom is 0.408 e. The van der Waals surface area contributed by atoms with E-state index in [1.165, 1.54) is 18.1 Å². The van der Waals surface area contributed by atoms with E-state index >= 15 is 0 Å². The first kappa shape index (κ1) is 32.1. The second-order valence-corrected chi connectivity index (χ2v) is 11.5. The van der Waals surface area contributed by atoms with Crippen LogP contribution >= 0.6 is 0 Å². The molecule has 3 amide bonds. The van der Waals surface area contributed by atoms with Crippen molar-refractivity contribution in [2.75, 3.05) is 13.7 Å². The average molecular weight is 556 g/mol. The third kappa shape index (κ3) is 9.29. The predicted octanol–water partition coefficient (Wildman–Crippen LogP) is 3.79. The summed E-state index contributed by atoms with van der Waals surface area (Å²) in [4.78, 5) is 54.1. The van der Waals surface area contributed by atoms with Crippen molar-refractivity contribution in [3.05, 3.63) is 65.2 Å². The predicted molar refractivity (Wildman–Crippen MR) is 151 cm³/mol. The Balaban J connectivity index is 2.62. The number of benzene rings is 2. The lowest BCUT2D eigenvalue weighted by atomic mass is 9.93. The van der Waals surface area contributed by atoms with Gasteiger partial charge < -0.3 is 30.1 Å². The SMILES string of the molecule is COC(=O)CNC(=O)C(c1ccc(O)c(C)c1)N(C(=O)C(Cc1ccccc1)NC(=O)OC(C)(C)C)C(C)(C)C. The second-order valence-electron chi connectivity index (χ2n) is 11.5. The Bertz CT molecular complexity index is 1200. The summed E-state index contributed by atoms with van der Waals surface area (Å²) < 4.78 is 10.1. The van der Waals surface area contributed by atoms with E-state index in [4.69, 9.17) is 4.74 Å². The first-order valence-corrected chi connectivity index (χ1v) is 13.0. The van der Waals surface area contributed by atoms with Gasteiger partial charge in [-0.15, -0.1) is 0 Å². The van der Waals surface area contributed by atoms with Crippen molar-refractivity contribution < 1.29 is 33.8 Å². The molecule has 2 aromatic carbocycles. The van der Waals surface area contributed by atoms with E-state index in [9.17, 15) is 24.3 Å². The number of alkyl carbamates (subject to hydrolysis) is 1. The summed E-state index contributed by atoms with van der Waals surface area (Å²) >= 11 is 0. The van der Waals surface area contributed by atoms with Crippen LogP contribution in [0, 0.1) is 6.92 Å². The Morgan fingerprint density at radius 1 is 0.975 bits per heavy atom. The van der Waals surface area contributed by atoms with Crippen LogP contribution in [-0.4, -0.2) is 64.7 Å². The van der Waals surface area contributed by atoms with E-state index < -0.39 is 53.6 Å². The van der Waals surface area contributed by atoms with Crippen LogP contribution in [0.2, 0.25) is 0 Å². The molecule has 0 saturated carbocycles. The highest BCUT2D eigenvalue weighted by atomic mass is 16.6. The second kappa shape index (κ2) is 13.3. The fraction of sp³-hybridized carbons (Fsp3) is 0.467. The van der Waals surface area contributed by atoms with Gasteiger partial charge >= 0.3 is 12.1 Å². The normalized spacial score (nSPS) is 13.0. The smallest absolute Gasteiger partial charge is 0.408 e. The van der Waals surface area contributed by atoms with Gasteiger partial charge in [0.25, 0.3) is 0 Å². The summed E-state index contributed by atoms with van der Waals surface area (Å²) in [6.07, 6.45) is -0.640. The summed E-state index contributed by atoms with van der Waals surface area (Å²) in [5, 5.41) is 15.4. The van der Waals surface area contributed by atoms with Gasteiger partial charge in [0.05, 0.1) is 7.11 Å². The van der Waals surface area contributed by atoms with Crippen LogP contribution in [-0.2, 0) is 30.3 Å². The van der Waals surface area contributed by atoms with Gasteiger partial charge in [-0.25, -0.2) is 4.79 Å². The lowest BCUT2D eigenvalue weighted by molar-refractivity contribution is -0.149. The molecule has 0 bridgehead atoms. The van der Waals surface area contributed by atoms with Gasteiger partial charge in [-0.2, -0.15) is 0 Å². The van der Waals surface area contributed by atoms with Crippen molar-refractivity contribution in [1.29, 1.82) is 0 Å². The molecule has 0 fully saturated rings. The van der Waals surface area contributed by atoms with Crippen molar-refractivity contribution in [2.24, 2.45) is 0 Å². The summed E-state index contributed by atoms with van der Waals surface area (Å²) in [7, 11) is 1.21. The van der Waals surface area contributed by atoms with Gasteiger partial charge in [0.2, 0.25) is 11.8 Å². The number of rotatable bonds is 9. The molecule has 2 unspecified atom stereocenters. The van der Waals surface area contributed by atoms with E-state index in [2.05, 4.69) is 15.4 Å². The minimum atomic E-state index is -1.21. The lowest BCUT2D eigenvalue weighted by Gasteiger charge is -2.43. The molecule has 0 aliphatic rings. The molecule has 0 heterocycles. The number of hydrogen-bond donors (Lipinski definition) is 3. The maximum absolute atomic E-state index is 14.4. The minimum Gasteiger partial charge on any atom is -0.508 e. The molecule has 40 heavy (non-hydrogen) atoms. The van der Waals surface area contributed by atoms with Crippen LogP contribution in [0.15, 0.2) is 48.5 Å². The summed E-state index contributed by atoms with van der Waals surface area (Å²) in [6.45, 7) is 11.7. The van der Waals surface area contributed by atoms with Crippen LogP contribution in [0.25, 0.3) is 0 Å². The Morgan fingerprint density at radius 3 is 2.12 bits per heavy atom. The molecule has 2 rings (SSSR count). The van der Waals surface area contributed by atoms with Gasteiger partial charge in [0.1, 0.15) is 30.0 Å². The number of amides is 3. The quantitative estimate of drug-likeness (QED) is 0.401. The largest absolute Gasteiger partial charge is 0.508 e. The van der Waals surface area contributed by atoms with Crippen LogP contribution in [0.4, 0.5) is 4.79 Å². The Hall–Kier alpha value is -4.08. The molecule has 2 atom stereocenters. The molecular formula is C30H41N3O7. The topological polar surface area (TPSA) is 134 Å². The average Bonchev–Trinajstić information content (AvgIpc) is 2.85. The fourth-order valence-electron chi connectivity index (χ4n) is 4.11. The van der Waals surface area contributed by atoms with E-state index in [1.54, 1.807) is 60.6 Å². The summed E-state index contributed by atoms with van der Waals surface area (Å²) in [5.41, 5.74) is -0.0266. The first-order valence-electron chi connectivity index (χ1n) is 13.0. The third-order valence-electron chi connectivity index (χ3n) is 5.91. The molecule has 3 N–H and O–H groups in total. The highest BCUT2D eigenvalue weighted by Crippen LogP contribution is 2.32. The Kier molecular flexibility index (Phi) is 10.7. The van der Waals surface area contributed by atoms with Crippen LogP contribution < -0.4 is 10.6 Å². The van der Waals surface area contributed by atoms with Gasteiger partial charge in [-0.05, 0) is 77.3 Å². The molecule has 2 aromatic rings. The summed E-state index contributed by atoms with van der Waals surface area (Å²) in [6, 6.07) is 11.5. The van der Waals surface area contributed by atoms with Gasteiger partial charge in [-0.1, -0.05) is 36.4 Å². The van der Waals surface area contributed by atoms with Crippen LogP contribution in [0.3, 0.4) is 0 Å². The zero-order valence-corrected chi connectivity index (χ0v) is 24.5. The van der Waals surface area contributed by atoms with Crippen LogP contribution in [0.5, 0.6) is 5.75 Å². The van der Waals surface area contributed by atoms with E-state index in [1.807, 2.05) is 30.3 Å². The van der Waals surface area contributed by atoms with Gasteiger partial charge in [0, 0.05) is 12.0 Å². The molecule has 0 aliphatic carbocycles. The third-order valence-corrected chi connectivity index (χ3v) is 5.91. The number of aromatic hydroxyl groups is 1.